The number of hydrogen-bond acceptors (Lipinski definition) is 2. The summed E-state index contributed by atoms with van der Waals surface area (Å²) in [7, 11) is 0. The molecule has 96 valence electrons. The van der Waals surface area contributed by atoms with Crippen LogP contribution in [0.25, 0.3) is 10.8 Å². The molecule has 3 aromatic rings. The first-order valence-electron chi connectivity index (χ1n) is 6.22. The maximum Gasteiger partial charge on any atom is 0.0992 e. The van der Waals surface area contributed by atoms with Crippen LogP contribution in [-0.4, -0.2) is 0 Å². The van der Waals surface area contributed by atoms with Crippen molar-refractivity contribution in [3.05, 3.63) is 70.7 Å². The zero-order valence-electron chi connectivity index (χ0n) is 10.6. The molecule has 0 aromatic heterocycles. The lowest BCUT2D eigenvalue weighted by molar-refractivity contribution is 1.46. The molecule has 0 aliphatic rings. The SMILES string of the molecule is N#Cc1ccc(Nc2cccc3ccccc23)c(Br)c1. The molecule has 0 saturated carbocycles. The molecule has 0 saturated heterocycles. The van der Waals surface area contributed by atoms with Crippen LogP contribution in [0.2, 0.25) is 0 Å². The van der Waals surface area contributed by atoms with Gasteiger partial charge >= 0.3 is 0 Å². The first-order valence-corrected chi connectivity index (χ1v) is 7.01. The van der Waals surface area contributed by atoms with Crippen molar-refractivity contribution in [1.29, 1.82) is 5.26 Å². The Morgan fingerprint density at radius 2 is 1.70 bits per heavy atom. The van der Waals surface area contributed by atoms with Gasteiger partial charge in [-0.05, 0) is 45.6 Å². The maximum absolute atomic E-state index is 8.89. The minimum Gasteiger partial charge on any atom is -0.354 e. The fourth-order valence-electron chi connectivity index (χ4n) is 2.17. The van der Waals surface area contributed by atoms with Crippen molar-refractivity contribution in [3.8, 4) is 6.07 Å². The third kappa shape index (κ3) is 2.38. The fourth-order valence-corrected chi connectivity index (χ4v) is 2.64. The van der Waals surface area contributed by atoms with E-state index in [-0.39, 0.29) is 0 Å². The van der Waals surface area contributed by atoms with Crippen LogP contribution >= 0.6 is 15.9 Å². The Hall–Kier alpha value is -2.31. The summed E-state index contributed by atoms with van der Waals surface area (Å²) in [5.74, 6) is 0. The topological polar surface area (TPSA) is 35.8 Å². The minimum atomic E-state index is 0.639. The quantitative estimate of drug-likeness (QED) is 0.702. The lowest BCUT2D eigenvalue weighted by Gasteiger charge is -2.11. The van der Waals surface area contributed by atoms with E-state index in [9.17, 15) is 0 Å². The number of rotatable bonds is 2. The number of benzene rings is 3. The van der Waals surface area contributed by atoms with E-state index in [1.54, 1.807) is 6.07 Å². The number of hydrogen-bond donors (Lipinski definition) is 1. The number of nitrogens with one attached hydrogen (secondary N) is 1. The summed E-state index contributed by atoms with van der Waals surface area (Å²) < 4.78 is 0.879. The highest BCUT2D eigenvalue weighted by atomic mass is 79.9. The molecule has 2 nitrogen and oxygen atoms in total. The van der Waals surface area contributed by atoms with Crippen LogP contribution in [0.4, 0.5) is 11.4 Å². The lowest BCUT2D eigenvalue weighted by Crippen LogP contribution is -1.93. The molecule has 0 fully saturated rings. The van der Waals surface area contributed by atoms with Gasteiger partial charge in [0.25, 0.3) is 0 Å². The van der Waals surface area contributed by atoms with E-state index >= 15 is 0 Å². The molecule has 1 N–H and O–H groups in total. The van der Waals surface area contributed by atoms with Crippen molar-refractivity contribution in [3.63, 3.8) is 0 Å². The Balaban J connectivity index is 2.04. The predicted molar refractivity (Wildman–Crippen MR) is 86.1 cm³/mol. The van der Waals surface area contributed by atoms with Crippen LogP contribution in [0.3, 0.4) is 0 Å². The molecule has 0 atom stereocenters. The second-order valence-electron chi connectivity index (χ2n) is 4.46. The van der Waals surface area contributed by atoms with Crippen molar-refractivity contribution in [2.24, 2.45) is 0 Å². The second kappa shape index (κ2) is 5.36. The van der Waals surface area contributed by atoms with Gasteiger partial charge in [-0.25, -0.2) is 0 Å². The Kier molecular flexibility index (Phi) is 3.41. The van der Waals surface area contributed by atoms with Gasteiger partial charge in [-0.1, -0.05) is 36.4 Å². The zero-order chi connectivity index (χ0) is 13.9. The van der Waals surface area contributed by atoms with Gasteiger partial charge < -0.3 is 5.32 Å². The average molecular weight is 323 g/mol. The van der Waals surface area contributed by atoms with Gasteiger partial charge in [-0.2, -0.15) is 5.26 Å². The van der Waals surface area contributed by atoms with Gasteiger partial charge in [0, 0.05) is 15.5 Å². The van der Waals surface area contributed by atoms with Gasteiger partial charge in [0.2, 0.25) is 0 Å². The van der Waals surface area contributed by atoms with Crippen LogP contribution in [0.5, 0.6) is 0 Å². The molecule has 0 heterocycles. The van der Waals surface area contributed by atoms with Crippen LogP contribution < -0.4 is 5.32 Å². The molecule has 0 unspecified atom stereocenters. The molecule has 0 radical (unpaired) electrons. The van der Waals surface area contributed by atoms with E-state index < -0.39 is 0 Å². The first kappa shape index (κ1) is 12.7. The molecule has 0 bridgehead atoms. The number of anilines is 2. The summed E-state index contributed by atoms with van der Waals surface area (Å²) in [6.45, 7) is 0. The third-order valence-corrected chi connectivity index (χ3v) is 3.81. The zero-order valence-corrected chi connectivity index (χ0v) is 12.2. The van der Waals surface area contributed by atoms with E-state index in [2.05, 4.69) is 45.5 Å². The predicted octanol–water partition coefficient (Wildman–Crippen LogP) is 5.22. The number of halogens is 1. The van der Waals surface area contributed by atoms with E-state index in [0.29, 0.717) is 5.56 Å². The maximum atomic E-state index is 8.89. The van der Waals surface area contributed by atoms with Gasteiger partial charge in [-0.15, -0.1) is 0 Å². The van der Waals surface area contributed by atoms with E-state index in [1.807, 2.05) is 36.4 Å². The summed E-state index contributed by atoms with van der Waals surface area (Å²) >= 11 is 3.50. The smallest absolute Gasteiger partial charge is 0.0992 e. The largest absolute Gasteiger partial charge is 0.354 e. The normalized spacial score (nSPS) is 10.2. The Bertz CT molecular complexity index is 813. The van der Waals surface area contributed by atoms with Gasteiger partial charge in [-0.3, -0.25) is 0 Å². The van der Waals surface area contributed by atoms with Crippen LogP contribution in [-0.2, 0) is 0 Å². The summed E-state index contributed by atoms with van der Waals surface area (Å²) in [5.41, 5.74) is 2.63. The highest BCUT2D eigenvalue weighted by molar-refractivity contribution is 9.10. The number of fused-ring (bicyclic) bond motifs is 1. The molecular formula is C17H11BrN2. The first-order chi connectivity index (χ1) is 9.78. The van der Waals surface area contributed by atoms with Crippen molar-refractivity contribution >= 4 is 38.1 Å². The van der Waals surface area contributed by atoms with Crippen LogP contribution in [0, 0.1) is 11.3 Å². The van der Waals surface area contributed by atoms with Crippen LogP contribution in [0.15, 0.2) is 65.1 Å². The Labute approximate surface area is 125 Å². The van der Waals surface area contributed by atoms with Crippen molar-refractivity contribution < 1.29 is 0 Å². The molecule has 0 aliphatic heterocycles. The van der Waals surface area contributed by atoms with E-state index in [1.165, 1.54) is 10.8 Å². The summed E-state index contributed by atoms with van der Waals surface area (Å²) in [4.78, 5) is 0. The molecule has 0 amide bonds. The molecule has 0 aliphatic carbocycles. The Morgan fingerprint density at radius 1 is 0.900 bits per heavy atom. The molecule has 3 heteroatoms. The fraction of sp³-hybridized carbons (Fsp3) is 0. The summed E-state index contributed by atoms with van der Waals surface area (Å²) in [6.07, 6.45) is 0. The minimum absolute atomic E-state index is 0.639. The van der Waals surface area contributed by atoms with Crippen LogP contribution in [0.1, 0.15) is 5.56 Å². The monoisotopic (exact) mass is 322 g/mol. The summed E-state index contributed by atoms with van der Waals surface area (Å²) in [5, 5.41) is 14.7. The average Bonchev–Trinajstić information content (AvgIpc) is 2.49. The summed E-state index contributed by atoms with van der Waals surface area (Å²) in [6, 6.07) is 22.1. The lowest BCUT2D eigenvalue weighted by atomic mass is 10.1. The van der Waals surface area contributed by atoms with E-state index in [0.717, 1.165) is 15.8 Å². The number of nitriles is 1. The van der Waals surface area contributed by atoms with Crippen molar-refractivity contribution in [2.75, 3.05) is 5.32 Å². The molecule has 3 rings (SSSR count). The highest BCUT2D eigenvalue weighted by Gasteiger charge is 2.04. The van der Waals surface area contributed by atoms with E-state index in [4.69, 9.17) is 5.26 Å². The van der Waals surface area contributed by atoms with Crippen molar-refractivity contribution in [1.82, 2.24) is 0 Å². The van der Waals surface area contributed by atoms with Gasteiger partial charge in [0.15, 0.2) is 0 Å². The molecular weight excluding hydrogens is 312 g/mol. The molecule has 20 heavy (non-hydrogen) atoms. The third-order valence-electron chi connectivity index (χ3n) is 3.16. The van der Waals surface area contributed by atoms with Gasteiger partial charge in [0.1, 0.15) is 0 Å². The molecule has 3 aromatic carbocycles. The van der Waals surface area contributed by atoms with Gasteiger partial charge in [0.05, 0.1) is 17.3 Å². The van der Waals surface area contributed by atoms with Crippen molar-refractivity contribution in [2.45, 2.75) is 0 Å². The standard InChI is InChI=1S/C17H11BrN2/c18-15-10-12(11-19)8-9-17(15)20-16-7-3-5-13-4-1-2-6-14(13)16/h1-10,20H. The number of nitrogens with zero attached hydrogens (tertiary/aromatic N) is 1. The molecule has 0 spiro atoms. The second-order valence-corrected chi connectivity index (χ2v) is 5.31. The Morgan fingerprint density at radius 3 is 2.50 bits per heavy atom. The highest BCUT2D eigenvalue weighted by Crippen LogP contribution is 2.30.